The molecule has 1 aromatic heterocycles. The maximum atomic E-state index is 13.2. The van der Waals surface area contributed by atoms with Gasteiger partial charge in [0.2, 0.25) is 5.95 Å². The van der Waals surface area contributed by atoms with Crippen LogP contribution in [0.2, 0.25) is 5.02 Å². The fourth-order valence-corrected chi connectivity index (χ4v) is 4.28. The maximum absolute atomic E-state index is 13.2. The zero-order valence-electron chi connectivity index (χ0n) is 19.6. The first kappa shape index (κ1) is 23.4. The van der Waals surface area contributed by atoms with Crippen LogP contribution in [0.1, 0.15) is 22.7 Å². The van der Waals surface area contributed by atoms with Crippen molar-refractivity contribution in [1.29, 1.82) is 0 Å². The number of hydrogen-bond acceptors (Lipinski definition) is 7. The SMILES string of the molecule is COC(=O)C1=C(c2ccc(Cl)cc2)Nc2ncnn2[C@H]1c1ccc(OCc2ccccc2)c(OC)c1. The predicted octanol–water partition coefficient (Wildman–Crippen LogP) is 5.12. The summed E-state index contributed by atoms with van der Waals surface area (Å²) in [4.78, 5) is 17.5. The van der Waals surface area contributed by atoms with E-state index in [4.69, 9.17) is 25.8 Å². The number of esters is 1. The number of halogens is 1. The van der Waals surface area contributed by atoms with Gasteiger partial charge in [-0.15, -0.1) is 0 Å². The van der Waals surface area contributed by atoms with Gasteiger partial charge in [0.1, 0.15) is 19.0 Å². The lowest BCUT2D eigenvalue weighted by atomic mass is 9.92. The first-order valence-corrected chi connectivity index (χ1v) is 11.6. The van der Waals surface area contributed by atoms with Gasteiger partial charge in [-0.25, -0.2) is 9.48 Å². The van der Waals surface area contributed by atoms with Gasteiger partial charge in [0.15, 0.2) is 11.5 Å². The molecular weight excluding hydrogens is 480 g/mol. The number of rotatable bonds is 7. The van der Waals surface area contributed by atoms with Crippen molar-refractivity contribution >= 4 is 29.2 Å². The molecule has 0 amide bonds. The summed E-state index contributed by atoms with van der Waals surface area (Å²) in [6, 6.07) is 22.0. The van der Waals surface area contributed by atoms with Crippen molar-refractivity contribution < 1.29 is 19.0 Å². The first-order valence-electron chi connectivity index (χ1n) is 11.2. The van der Waals surface area contributed by atoms with Gasteiger partial charge >= 0.3 is 5.97 Å². The lowest BCUT2D eigenvalue weighted by Crippen LogP contribution is -2.29. The molecule has 0 unspecified atom stereocenters. The maximum Gasteiger partial charge on any atom is 0.338 e. The van der Waals surface area contributed by atoms with E-state index in [1.807, 2.05) is 60.7 Å². The number of anilines is 1. The third-order valence-corrected chi connectivity index (χ3v) is 6.13. The van der Waals surface area contributed by atoms with Crippen molar-refractivity contribution in [3.8, 4) is 11.5 Å². The van der Waals surface area contributed by atoms with Gasteiger partial charge in [-0.3, -0.25) is 0 Å². The van der Waals surface area contributed by atoms with Crippen LogP contribution in [0.25, 0.3) is 5.70 Å². The number of nitrogens with zero attached hydrogens (tertiary/aromatic N) is 3. The number of aromatic nitrogens is 3. The summed E-state index contributed by atoms with van der Waals surface area (Å²) in [6.07, 6.45) is 1.43. The summed E-state index contributed by atoms with van der Waals surface area (Å²) in [7, 11) is 2.93. The molecule has 4 aromatic rings. The highest BCUT2D eigenvalue weighted by molar-refractivity contribution is 6.30. The van der Waals surface area contributed by atoms with Crippen molar-refractivity contribution in [2.45, 2.75) is 12.6 Å². The van der Waals surface area contributed by atoms with Crippen molar-refractivity contribution in [1.82, 2.24) is 14.8 Å². The summed E-state index contributed by atoms with van der Waals surface area (Å²) in [6.45, 7) is 0.394. The van der Waals surface area contributed by atoms with Gasteiger partial charge in [0.25, 0.3) is 0 Å². The summed E-state index contributed by atoms with van der Waals surface area (Å²) in [5.74, 6) is 1.10. The lowest BCUT2D eigenvalue weighted by Gasteiger charge is -2.29. The molecule has 1 N–H and O–H groups in total. The van der Waals surface area contributed by atoms with Crippen LogP contribution in [0.4, 0.5) is 5.95 Å². The molecular formula is C27H23ClN4O4. The number of benzene rings is 3. The molecule has 0 radical (unpaired) electrons. The first-order chi connectivity index (χ1) is 17.6. The Morgan fingerprint density at radius 2 is 1.81 bits per heavy atom. The average molecular weight is 503 g/mol. The summed E-state index contributed by atoms with van der Waals surface area (Å²) in [5.41, 5.74) is 3.48. The van der Waals surface area contributed by atoms with Gasteiger partial charge in [-0.05, 0) is 41.0 Å². The standard InChI is InChI=1S/C27H23ClN4O4/c1-34-22-14-19(10-13-21(22)36-15-17-6-4-3-5-7-17)25-23(26(33)35-2)24(18-8-11-20(28)12-9-18)31-27-29-16-30-32(25)27/h3-14,16,25H,15H2,1-2H3,(H,29,30,31)/t25-/m0/s1. The fraction of sp³-hybridized carbons (Fsp3) is 0.148. The highest BCUT2D eigenvalue weighted by Gasteiger charge is 2.36. The molecule has 0 saturated carbocycles. The van der Waals surface area contributed by atoms with E-state index in [1.165, 1.54) is 13.4 Å². The molecule has 182 valence electrons. The van der Waals surface area contributed by atoms with Crippen LogP contribution in [-0.2, 0) is 16.1 Å². The molecule has 8 nitrogen and oxygen atoms in total. The Morgan fingerprint density at radius 3 is 2.53 bits per heavy atom. The van der Waals surface area contributed by atoms with Crippen molar-refractivity contribution in [3.05, 3.63) is 106 Å². The predicted molar refractivity (Wildman–Crippen MR) is 136 cm³/mol. The molecule has 0 spiro atoms. The zero-order chi connectivity index (χ0) is 25.1. The second-order valence-corrected chi connectivity index (χ2v) is 8.46. The normalized spacial score (nSPS) is 14.6. The van der Waals surface area contributed by atoms with Crippen LogP contribution in [0.3, 0.4) is 0 Å². The number of methoxy groups -OCH3 is 2. The Bertz CT molecular complexity index is 1420. The molecule has 0 aliphatic carbocycles. The van der Waals surface area contributed by atoms with Crippen molar-refractivity contribution in [3.63, 3.8) is 0 Å². The quantitative estimate of drug-likeness (QED) is 0.351. The average Bonchev–Trinajstić information content (AvgIpc) is 3.40. The van der Waals surface area contributed by atoms with Crippen LogP contribution >= 0.6 is 11.6 Å². The molecule has 0 fully saturated rings. The fourth-order valence-electron chi connectivity index (χ4n) is 4.15. The third-order valence-electron chi connectivity index (χ3n) is 5.88. The van der Waals surface area contributed by atoms with Gasteiger partial charge in [0.05, 0.1) is 25.5 Å². The second-order valence-electron chi connectivity index (χ2n) is 8.03. The Balaban J connectivity index is 1.59. The van der Waals surface area contributed by atoms with Crippen LogP contribution in [0.5, 0.6) is 11.5 Å². The number of fused-ring (bicyclic) bond motifs is 1. The van der Waals surface area contributed by atoms with E-state index in [0.29, 0.717) is 40.3 Å². The largest absolute Gasteiger partial charge is 0.493 e. The molecule has 9 heteroatoms. The van der Waals surface area contributed by atoms with E-state index < -0.39 is 12.0 Å². The Hall–Kier alpha value is -4.30. The Labute approximate surface area is 213 Å². The molecule has 1 atom stereocenters. The molecule has 3 aromatic carbocycles. The summed E-state index contributed by atoms with van der Waals surface area (Å²) < 4.78 is 18.5. The highest BCUT2D eigenvalue weighted by Crippen LogP contribution is 2.41. The minimum Gasteiger partial charge on any atom is -0.493 e. The summed E-state index contributed by atoms with van der Waals surface area (Å²) in [5, 5.41) is 8.20. The molecule has 1 aliphatic rings. The minimum absolute atomic E-state index is 0.373. The van der Waals surface area contributed by atoms with E-state index in [0.717, 1.165) is 16.7 Å². The molecule has 0 bridgehead atoms. The number of hydrogen-bond donors (Lipinski definition) is 1. The Kier molecular flexibility index (Phi) is 6.60. The lowest BCUT2D eigenvalue weighted by molar-refractivity contribution is -0.136. The van der Waals surface area contributed by atoms with Gasteiger partial charge < -0.3 is 19.5 Å². The molecule has 36 heavy (non-hydrogen) atoms. The summed E-state index contributed by atoms with van der Waals surface area (Å²) >= 11 is 6.10. The van der Waals surface area contributed by atoms with Crippen LogP contribution in [-0.4, -0.2) is 35.0 Å². The van der Waals surface area contributed by atoms with E-state index >= 15 is 0 Å². The monoisotopic (exact) mass is 502 g/mol. The van der Waals surface area contributed by atoms with Crippen molar-refractivity contribution in [2.24, 2.45) is 0 Å². The smallest absolute Gasteiger partial charge is 0.338 e. The molecule has 5 rings (SSSR count). The number of carbonyl (C=O) groups is 1. The molecule has 2 heterocycles. The molecule has 0 saturated heterocycles. The number of carbonyl (C=O) groups excluding carboxylic acids is 1. The van der Waals surface area contributed by atoms with E-state index in [2.05, 4.69) is 15.4 Å². The minimum atomic E-state index is -0.626. The highest BCUT2D eigenvalue weighted by atomic mass is 35.5. The van der Waals surface area contributed by atoms with Crippen LogP contribution < -0.4 is 14.8 Å². The second kappa shape index (κ2) is 10.1. The topological polar surface area (TPSA) is 87.5 Å². The van der Waals surface area contributed by atoms with E-state index in [-0.39, 0.29) is 0 Å². The number of nitrogens with one attached hydrogen (secondary N) is 1. The van der Waals surface area contributed by atoms with E-state index in [1.54, 1.807) is 23.9 Å². The van der Waals surface area contributed by atoms with Gasteiger partial charge in [0, 0.05) is 5.02 Å². The molecule has 1 aliphatic heterocycles. The van der Waals surface area contributed by atoms with E-state index in [9.17, 15) is 4.79 Å². The van der Waals surface area contributed by atoms with Crippen molar-refractivity contribution in [2.75, 3.05) is 19.5 Å². The van der Waals surface area contributed by atoms with Gasteiger partial charge in [-0.2, -0.15) is 10.1 Å². The van der Waals surface area contributed by atoms with Crippen LogP contribution in [0.15, 0.2) is 84.7 Å². The van der Waals surface area contributed by atoms with Gasteiger partial charge in [-0.1, -0.05) is 60.1 Å². The Morgan fingerprint density at radius 1 is 1.03 bits per heavy atom. The number of ether oxygens (including phenoxy) is 3. The zero-order valence-corrected chi connectivity index (χ0v) is 20.4. The van der Waals surface area contributed by atoms with Crippen LogP contribution in [0, 0.1) is 0 Å². The third kappa shape index (κ3) is 4.50.